The van der Waals surface area contributed by atoms with Gasteiger partial charge in [0.1, 0.15) is 18.2 Å². The number of halogens is 1. The fourth-order valence-electron chi connectivity index (χ4n) is 1.37. The molecule has 6 nitrogen and oxygen atoms in total. The third-order valence-corrected chi connectivity index (χ3v) is 4.85. The molecule has 0 fully saturated rings. The first-order valence-corrected chi connectivity index (χ1v) is 7.32. The summed E-state index contributed by atoms with van der Waals surface area (Å²) < 4.78 is 42.6. The molecule has 0 aliphatic heterocycles. The van der Waals surface area contributed by atoms with Crippen molar-refractivity contribution in [2.75, 3.05) is 20.2 Å². The molecule has 1 unspecified atom stereocenters. The first kappa shape index (κ1) is 16.4. The van der Waals surface area contributed by atoms with Crippen LogP contribution in [0.25, 0.3) is 0 Å². The van der Waals surface area contributed by atoms with Crippen molar-refractivity contribution in [3.63, 3.8) is 0 Å². The number of benzene rings is 1. The fraction of sp³-hybridized carbons (Fsp3) is 0.417. The van der Waals surface area contributed by atoms with Crippen LogP contribution in [0.15, 0.2) is 24.3 Å². The van der Waals surface area contributed by atoms with Crippen molar-refractivity contribution in [3.8, 4) is 5.75 Å². The minimum atomic E-state index is -3.92. The Kier molecular flexibility index (Phi) is 5.46. The zero-order valence-corrected chi connectivity index (χ0v) is 11.9. The SMILES string of the molecule is CC(C(=O)O)S(=O)(=O)N(C)CCOc1cccc(F)c1. The van der Waals surface area contributed by atoms with E-state index in [4.69, 9.17) is 9.84 Å². The maximum absolute atomic E-state index is 12.9. The van der Waals surface area contributed by atoms with Gasteiger partial charge >= 0.3 is 5.97 Å². The van der Waals surface area contributed by atoms with Gasteiger partial charge in [-0.25, -0.2) is 17.1 Å². The van der Waals surface area contributed by atoms with E-state index in [1.807, 2.05) is 0 Å². The lowest BCUT2D eigenvalue weighted by molar-refractivity contribution is -0.136. The maximum atomic E-state index is 12.9. The summed E-state index contributed by atoms with van der Waals surface area (Å²) >= 11 is 0. The minimum Gasteiger partial charge on any atom is -0.492 e. The number of rotatable bonds is 7. The topological polar surface area (TPSA) is 83.9 Å². The summed E-state index contributed by atoms with van der Waals surface area (Å²) in [6, 6.07) is 5.45. The normalized spacial score (nSPS) is 13.2. The molecule has 0 amide bonds. The van der Waals surface area contributed by atoms with Crippen LogP contribution in [-0.4, -0.2) is 49.2 Å². The molecule has 0 heterocycles. The Morgan fingerprint density at radius 2 is 2.15 bits per heavy atom. The second kappa shape index (κ2) is 6.67. The molecule has 1 atom stereocenters. The first-order chi connectivity index (χ1) is 9.25. The molecule has 1 aromatic carbocycles. The fourth-order valence-corrected chi connectivity index (χ4v) is 2.50. The standard InChI is InChI=1S/C12H16FNO5S/c1-9(12(15)16)20(17,18)14(2)6-7-19-11-5-3-4-10(13)8-11/h3-5,8-9H,6-7H2,1-2H3,(H,15,16). The van der Waals surface area contributed by atoms with Crippen molar-refractivity contribution in [2.45, 2.75) is 12.2 Å². The van der Waals surface area contributed by atoms with Gasteiger partial charge in [-0.3, -0.25) is 4.79 Å². The van der Waals surface area contributed by atoms with Crippen molar-refractivity contribution >= 4 is 16.0 Å². The highest BCUT2D eigenvalue weighted by Gasteiger charge is 2.31. The van der Waals surface area contributed by atoms with Gasteiger partial charge in [0.2, 0.25) is 10.0 Å². The summed E-state index contributed by atoms with van der Waals surface area (Å²) in [5.74, 6) is -1.59. The van der Waals surface area contributed by atoms with Crippen LogP contribution in [0.5, 0.6) is 5.75 Å². The second-order valence-electron chi connectivity index (χ2n) is 4.15. The average Bonchev–Trinajstić information content (AvgIpc) is 2.37. The van der Waals surface area contributed by atoms with Crippen molar-refractivity contribution in [3.05, 3.63) is 30.1 Å². The molecule has 0 bridgehead atoms. The largest absolute Gasteiger partial charge is 0.492 e. The van der Waals surface area contributed by atoms with E-state index < -0.39 is 27.1 Å². The van der Waals surface area contributed by atoms with Gasteiger partial charge in [-0.1, -0.05) is 6.07 Å². The minimum absolute atomic E-state index is 0.00841. The Morgan fingerprint density at radius 1 is 1.50 bits per heavy atom. The van der Waals surface area contributed by atoms with Gasteiger partial charge in [-0.15, -0.1) is 0 Å². The zero-order valence-electron chi connectivity index (χ0n) is 11.1. The van der Waals surface area contributed by atoms with Gasteiger partial charge < -0.3 is 9.84 Å². The summed E-state index contributed by atoms with van der Waals surface area (Å²) in [6.45, 7) is 1.06. The van der Waals surface area contributed by atoms with E-state index in [-0.39, 0.29) is 18.9 Å². The summed E-state index contributed by atoms with van der Waals surface area (Å²) in [5, 5.41) is 7.20. The maximum Gasteiger partial charge on any atom is 0.323 e. The van der Waals surface area contributed by atoms with Gasteiger partial charge in [-0.05, 0) is 19.1 Å². The molecule has 0 spiro atoms. The predicted molar refractivity (Wildman–Crippen MR) is 70.5 cm³/mol. The van der Waals surface area contributed by atoms with Crippen LogP contribution in [0.1, 0.15) is 6.92 Å². The second-order valence-corrected chi connectivity index (χ2v) is 6.51. The van der Waals surface area contributed by atoms with Crippen LogP contribution in [0.4, 0.5) is 4.39 Å². The van der Waals surface area contributed by atoms with Crippen LogP contribution in [0.2, 0.25) is 0 Å². The quantitative estimate of drug-likeness (QED) is 0.810. The molecule has 0 saturated carbocycles. The van der Waals surface area contributed by atoms with Crippen molar-refractivity contribution in [2.24, 2.45) is 0 Å². The van der Waals surface area contributed by atoms with E-state index in [2.05, 4.69) is 0 Å². The number of carbonyl (C=O) groups is 1. The Labute approximate surface area is 116 Å². The van der Waals surface area contributed by atoms with E-state index in [1.165, 1.54) is 31.3 Å². The molecule has 0 aliphatic carbocycles. The van der Waals surface area contributed by atoms with Gasteiger partial charge in [0.25, 0.3) is 0 Å². The molecule has 0 aromatic heterocycles. The summed E-state index contributed by atoms with van der Waals surface area (Å²) in [6.07, 6.45) is 0. The highest BCUT2D eigenvalue weighted by molar-refractivity contribution is 7.90. The van der Waals surface area contributed by atoms with E-state index in [0.717, 1.165) is 11.2 Å². The Hall–Kier alpha value is -1.67. The summed E-state index contributed by atoms with van der Waals surface area (Å²) in [4.78, 5) is 10.7. The van der Waals surface area contributed by atoms with Crippen LogP contribution in [0.3, 0.4) is 0 Å². The lowest BCUT2D eigenvalue weighted by Crippen LogP contribution is -2.40. The molecular formula is C12H16FNO5S. The number of hydrogen-bond acceptors (Lipinski definition) is 4. The molecule has 1 N–H and O–H groups in total. The van der Waals surface area contributed by atoms with E-state index in [0.29, 0.717) is 0 Å². The van der Waals surface area contributed by atoms with Crippen molar-refractivity contribution in [1.29, 1.82) is 0 Å². The van der Waals surface area contributed by atoms with Gasteiger partial charge in [0, 0.05) is 19.7 Å². The monoisotopic (exact) mass is 305 g/mol. The zero-order chi connectivity index (χ0) is 15.3. The van der Waals surface area contributed by atoms with Crippen LogP contribution in [0, 0.1) is 5.82 Å². The van der Waals surface area contributed by atoms with Gasteiger partial charge in [0.05, 0.1) is 0 Å². The third kappa shape index (κ3) is 4.17. The van der Waals surface area contributed by atoms with Crippen LogP contribution < -0.4 is 4.74 Å². The van der Waals surface area contributed by atoms with Crippen LogP contribution >= 0.6 is 0 Å². The molecule has 20 heavy (non-hydrogen) atoms. The summed E-state index contributed by atoms with van der Waals surface area (Å²) in [7, 11) is -2.65. The molecule has 0 saturated heterocycles. The molecule has 112 valence electrons. The molecule has 1 rings (SSSR count). The first-order valence-electron chi connectivity index (χ1n) is 5.81. The number of likely N-dealkylation sites (N-methyl/N-ethyl adjacent to an activating group) is 1. The Bertz CT molecular complexity index is 575. The lowest BCUT2D eigenvalue weighted by Gasteiger charge is -2.19. The summed E-state index contributed by atoms with van der Waals surface area (Å²) in [5.41, 5.74) is 0. The third-order valence-electron chi connectivity index (χ3n) is 2.70. The smallest absolute Gasteiger partial charge is 0.323 e. The molecule has 0 radical (unpaired) electrons. The highest BCUT2D eigenvalue weighted by atomic mass is 32.2. The van der Waals surface area contributed by atoms with Crippen molar-refractivity contribution < 1.29 is 27.4 Å². The lowest BCUT2D eigenvalue weighted by atomic mass is 10.3. The number of ether oxygens (including phenoxy) is 1. The van der Waals surface area contributed by atoms with E-state index in [9.17, 15) is 17.6 Å². The van der Waals surface area contributed by atoms with Gasteiger partial charge in [-0.2, -0.15) is 0 Å². The number of carboxylic acid groups (broad SMARTS) is 1. The number of aliphatic carboxylic acids is 1. The van der Waals surface area contributed by atoms with Crippen molar-refractivity contribution in [1.82, 2.24) is 4.31 Å². The average molecular weight is 305 g/mol. The number of hydrogen-bond donors (Lipinski definition) is 1. The molecular weight excluding hydrogens is 289 g/mol. The van der Waals surface area contributed by atoms with E-state index in [1.54, 1.807) is 0 Å². The number of carboxylic acids is 1. The predicted octanol–water partition coefficient (Wildman–Crippen LogP) is 0.939. The Morgan fingerprint density at radius 3 is 2.70 bits per heavy atom. The van der Waals surface area contributed by atoms with E-state index >= 15 is 0 Å². The molecule has 0 aliphatic rings. The molecule has 1 aromatic rings. The van der Waals surface area contributed by atoms with Crippen LogP contribution in [-0.2, 0) is 14.8 Å². The number of nitrogens with zero attached hydrogens (tertiary/aromatic N) is 1. The highest BCUT2D eigenvalue weighted by Crippen LogP contribution is 2.12. The number of sulfonamides is 1. The molecule has 8 heteroatoms. The van der Waals surface area contributed by atoms with Gasteiger partial charge in [0.15, 0.2) is 5.25 Å². The Balaban J connectivity index is 2.55.